The van der Waals surface area contributed by atoms with Gasteiger partial charge in [0.2, 0.25) is 0 Å². The Labute approximate surface area is 198 Å². The Hall–Kier alpha value is -2.47. The molecule has 33 heavy (non-hydrogen) atoms. The van der Waals surface area contributed by atoms with E-state index in [-0.39, 0.29) is 22.5 Å². The van der Waals surface area contributed by atoms with Crippen molar-refractivity contribution in [2.75, 3.05) is 26.2 Å². The summed E-state index contributed by atoms with van der Waals surface area (Å²) in [6.45, 7) is 14.4. The number of phenols is 1. The molecule has 3 rings (SSSR count). The molecule has 2 aromatic rings. The number of aromatic nitrogens is 2. The summed E-state index contributed by atoms with van der Waals surface area (Å²) in [5.41, 5.74) is 1.15. The van der Waals surface area contributed by atoms with E-state index in [9.17, 15) is 9.90 Å². The minimum atomic E-state index is -0.371. The molecule has 0 bridgehead atoms. The molecule has 1 saturated heterocycles. The summed E-state index contributed by atoms with van der Waals surface area (Å²) in [6, 6.07) is 7.48. The number of piperidine rings is 1. The highest BCUT2D eigenvalue weighted by molar-refractivity contribution is 5.93. The minimum Gasteiger partial charge on any atom is -0.508 e. The lowest BCUT2D eigenvalue weighted by Crippen LogP contribution is -2.45. The first-order chi connectivity index (χ1) is 15.6. The van der Waals surface area contributed by atoms with Crippen LogP contribution in [0.25, 0.3) is 0 Å². The summed E-state index contributed by atoms with van der Waals surface area (Å²) in [6.07, 6.45) is 7.50. The monoisotopic (exact) mass is 452 g/mol. The van der Waals surface area contributed by atoms with Gasteiger partial charge in [-0.3, -0.25) is 4.79 Å². The topological polar surface area (TPSA) is 78.3 Å². The van der Waals surface area contributed by atoms with E-state index in [1.807, 2.05) is 12.1 Å². The lowest BCUT2D eigenvalue weighted by molar-refractivity contribution is 0.0938. The average Bonchev–Trinajstić information content (AvgIpc) is 2.78. The van der Waals surface area contributed by atoms with Crippen LogP contribution < -0.4 is 5.32 Å². The van der Waals surface area contributed by atoms with Crippen LogP contribution in [0.1, 0.15) is 82.0 Å². The van der Waals surface area contributed by atoms with Crippen molar-refractivity contribution in [1.29, 1.82) is 0 Å². The summed E-state index contributed by atoms with van der Waals surface area (Å²) >= 11 is 0. The molecule has 1 fully saturated rings. The molecule has 0 aliphatic carbocycles. The van der Waals surface area contributed by atoms with Gasteiger partial charge in [0.05, 0.1) is 11.0 Å². The van der Waals surface area contributed by atoms with Crippen molar-refractivity contribution in [3.63, 3.8) is 0 Å². The van der Waals surface area contributed by atoms with Crippen LogP contribution in [-0.4, -0.2) is 52.1 Å². The number of nitrogens with one attached hydrogen (secondary N) is 1. The molecule has 1 aromatic carbocycles. The molecule has 1 atom stereocenters. The first-order valence-electron chi connectivity index (χ1n) is 12.3. The Morgan fingerprint density at radius 2 is 1.88 bits per heavy atom. The normalized spacial score (nSPS) is 17.5. The van der Waals surface area contributed by atoms with Crippen LogP contribution in [0.5, 0.6) is 5.75 Å². The SMILES string of the molecule is CCCC(C)CN1CCC(c2cccc(O)c2)(c2ncc(C(=O)NCC(C)(C)C)cn2)CC1. The van der Waals surface area contributed by atoms with E-state index in [1.54, 1.807) is 18.5 Å². The molecule has 180 valence electrons. The lowest BCUT2D eigenvalue weighted by atomic mass is 9.71. The molecule has 1 amide bonds. The van der Waals surface area contributed by atoms with Gasteiger partial charge in [-0.05, 0) is 61.4 Å². The fourth-order valence-electron chi connectivity index (χ4n) is 4.73. The Morgan fingerprint density at radius 1 is 1.21 bits per heavy atom. The number of nitrogens with zero attached hydrogens (tertiary/aromatic N) is 3. The van der Waals surface area contributed by atoms with Gasteiger partial charge in [0, 0.05) is 25.5 Å². The molecule has 1 aliphatic rings. The first kappa shape index (κ1) is 25.2. The quantitative estimate of drug-likeness (QED) is 0.603. The number of hydrogen-bond acceptors (Lipinski definition) is 5. The number of benzene rings is 1. The van der Waals surface area contributed by atoms with Crippen LogP contribution in [0, 0.1) is 11.3 Å². The van der Waals surface area contributed by atoms with E-state index in [0.29, 0.717) is 18.0 Å². The first-order valence-corrected chi connectivity index (χ1v) is 12.3. The second-order valence-corrected chi connectivity index (χ2v) is 10.9. The zero-order chi connectivity index (χ0) is 24.1. The Bertz CT molecular complexity index is 912. The van der Waals surface area contributed by atoms with Crippen LogP contribution in [0.4, 0.5) is 0 Å². The smallest absolute Gasteiger partial charge is 0.254 e. The number of carbonyl (C=O) groups is 1. The molecular formula is C27H40N4O2. The Balaban J connectivity index is 1.82. The highest BCUT2D eigenvalue weighted by atomic mass is 16.3. The maximum absolute atomic E-state index is 12.5. The van der Waals surface area contributed by atoms with E-state index in [4.69, 9.17) is 0 Å². The molecule has 1 unspecified atom stereocenters. The van der Waals surface area contributed by atoms with Crippen molar-refractivity contribution < 1.29 is 9.90 Å². The number of amides is 1. The van der Waals surface area contributed by atoms with Crippen molar-refractivity contribution in [3.8, 4) is 5.75 Å². The minimum absolute atomic E-state index is 0.0123. The highest BCUT2D eigenvalue weighted by Crippen LogP contribution is 2.41. The standard InChI is InChI=1S/C27H40N4O2/c1-6-8-20(2)18-31-13-11-27(12-14-31,22-9-7-10-23(32)15-22)25-28-16-21(17-29-25)24(33)30-19-26(3,4)5/h7,9-10,15-17,20,32H,6,8,11-14,18-19H2,1-5H3,(H,30,33). The molecule has 1 aliphatic heterocycles. The van der Waals surface area contributed by atoms with Gasteiger partial charge in [-0.1, -0.05) is 53.2 Å². The molecule has 2 heterocycles. The van der Waals surface area contributed by atoms with E-state index < -0.39 is 0 Å². The third kappa shape index (κ3) is 6.53. The molecule has 1 aromatic heterocycles. The van der Waals surface area contributed by atoms with Crippen LogP contribution in [-0.2, 0) is 5.41 Å². The molecule has 6 nitrogen and oxygen atoms in total. The molecule has 0 radical (unpaired) electrons. The van der Waals surface area contributed by atoms with Gasteiger partial charge in [0.25, 0.3) is 5.91 Å². The van der Waals surface area contributed by atoms with E-state index >= 15 is 0 Å². The predicted molar refractivity (Wildman–Crippen MR) is 132 cm³/mol. The van der Waals surface area contributed by atoms with Gasteiger partial charge in [-0.2, -0.15) is 0 Å². The molecule has 2 N–H and O–H groups in total. The van der Waals surface area contributed by atoms with Crippen molar-refractivity contribution >= 4 is 5.91 Å². The van der Waals surface area contributed by atoms with Gasteiger partial charge in [0.15, 0.2) is 0 Å². The van der Waals surface area contributed by atoms with E-state index in [1.165, 1.54) is 12.8 Å². The number of carbonyl (C=O) groups excluding carboxylic acids is 1. The summed E-state index contributed by atoms with van der Waals surface area (Å²) in [7, 11) is 0. The average molecular weight is 453 g/mol. The summed E-state index contributed by atoms with van der Waals surface area (Å²) in [5.74, 6) is 1.51. The summed E-state index contributed by atoms with van der Waals surface area (Å²) < 4.78 is 0. The van der Waals surface area contributed by atoms with Crippen molar-refractivity contribution in [1.82, 2.24) is 20.2 Å². The van der Waals surface area contributed by atoms with Crippen LogP contribution >= 0.6 is 0 Å². The fraction of sp³-hybridized carbons (Fsp3) is 0.593. The highest BCUT2D eigenvalue weighted by Gasteiger charge is 2.40. The number of hydrogen-bond donors (Lipinski definition) is 2. The van der Waals surface area contributed by atoms with Crippen molar-refractivity contribution in [2.24, 2.45) is 11.3 Å². The fourth-order valence-corrected chi connectivity index (χ4v) is 4.73. The number of likely N-dealkylation sites (tertiary alicyclic amines) is 1. The molecule has 0 saturated carbocycles. The van der Waals surface area contributed by atoms with Gasteiger partial charge in [-0.15, -0.1) is 0 Å². The Morgan fingerprint density at radius 3 is 2.45 bits per heavy atom. The van der Waals surface area contributed by atoms with Crippen LogP contribution in [0.15, 0.2) is 36.7 Å². The van der Waals surface area contributed by atoms with Gasteiger partial charge in [0.1, 0.15) is 11.6 Å². The molecule has 6 heteroatoms. The van der Waals surface area contributed by atoms with E-state index in [0.717, 1.165) is 43.9 Å². The second-order valence-electron chi connectivity index (χ2n) is 10.9. The zero-order valence-electron chi connectivity index (χ0n) is 20.9. The number of aromatic hydroxyl groups is 1. The Kier molecular flexibility index (Phi) is 8.11. The van der Waals surface area contributed by atoms with Crippen molar-refractivity contribution in [2.45, 2.75) is 65.7 Å². The molecule has 0 spiro atoms. The lowest BCUT2D eigenvalue weighted by Gasteiger charge is -2.42. The van der Waals surface area contributed by atoms with Gasteiger partial charge >= 0.3 is 0 Å². The zero-order valence-corrected chi connectivity index (χ0v) is 20.9. The summed E-state index contributed by atoms with van der Waals surface area (Å²) in [4.78, 5) is 24.5. The number of rotatable bonds is 8. The largest absolute Gasteiger partial charge is 0.508 e. The van der Waals surface area contributed by atoms with E-state index in [2.05, 4.69) is 60.9 Å². The van der Waals surface area contributed by atoms with Crippen LogP contribution in [0.3, 0.4) is 0 Å². The van der Waals surface area contributed by atoms with Crippen LogP contribution in [0.2, 0.25) is 0 Å². The molecular weight excluding hydrogens is 412 g/mol. The van der Waals surface area contributed by atoms with Crippen molar-refractivity contribution in [3.05, 3.63) is 53.6 Å². The maximum Gasteiger partial charge on any atom is 0.254 e. The second kappa shape index (κ2) is 10.6. The van der Waals surface area contributed by atoms with Gasteiger partial charge < -0.3 is 15.3 Å². The third-order valence-electron chi connectivity index (χ3n) is 6.58. The van der Waals surface area contributed by atoms with Gasteiger partial charge in [-0.25, -0.2) is 9.97 Å². The third-order valence-corrected chi connectivity index (χ3v) is 6.58. The predicted octanol–water partition coefficient (Wildman–Crippen LogP) is 4.78. The maximum atomic E-state index is 12.5. The number of phenolic OH excluding ortho intramolecular Hbond substituents is 1. The summed E-state index contributed by atoms with van der Waals surface area (Å²) in [5, 5.41) is 13.1.